The number of anilines is 1. The van der Waals surface area contributed by atoms with Gasteiger partial charge in [-0.1, -0.05) is 34.1 Å². The zero-order valence-corrected chi connectivity index (χ0v) is 16.4. The molecule has 1 amide bonds. The lowest BCUT2D eigenvalue weighted by Crippen LogP contribution is -2.28. The van der Waals surface area contributed by atoms with E-state index < -0.39 is 15.4 Å². The molecule has 0 bridgehead atoms. The Morgan fingerprint density at radius 1 is 1.12 bits per heavy atom. The van der Waals surface area contributed by atoms with Crippen LogP contribution in [0.4, 0.5) is 5.69 Å². The standard InChI is InChI=1S/C18H19BrN2O3S/c1-12-3-8-15(11-16(12)25(23,24)20-2)21-17(22)18(9-10-18)13-4-6-14(19)7-5-13/h3-8,11,20H,9-10H2,1-2H3,(H,21,22). The number of amides is 1. The lowest BCUT2D eigenvalue weighted by Gasteiger charge is -2.17. The Labute approximate surface area is 156 Å². The van der Waals surface area contributed by atoms with Crippen molar-refractivity contribution in [3.05, 3.63) is 58.1 Å². The van der Waals surface area contributed by atoms with Crippen molar-refractivity contribution in [3.63, 3.8) is 0 Å². The molecule has 132 valence electrons. The van der Waals surface area contributed by atoms with E-state index in [2.05, 4.69) is 26.0 Å². The number of hydrogen-bond donors (Lipinski definition) is 2. The summed E-state index contributed by atoms with van der Waals surface area (Å²) in [6.45, 7) is 1.72. The molecule has 3 rings (SSSR count). The molecule has 0 unspecified atom stereocenters. The van der Waals surface area contributed by atoms with E-state index in [0.717, 1.165) is 22.9 Å². The van der Waals surface area contributed by atoms with E-state index in [1.54, 1.807) is 19.1 Å². The molecular formula is C18H19BrN2O3S. The third-order valence-electron chi connectivity index (χ3n) is 4.59. The maximum absolute atomic E-state index is 12.8. The molecule has 2 N–H and O–H groups in total. The Kier molecular flexibility index (Phi) is 4.74. The molecule has 1 fully saturated rings. The average molecular weight is 423 g/mol. The molecule has 0 atom stereocenters. The van der Waals surface area contributed by atoms with E-state index >= 15 is 0 Å². The number of carbonyl (C=O) groups is 1. The van der Waals surface area contributed by atoms with Crippen LogP contribution in [0.25, 0.3) is 0 Å². The van der Waals surface area contributed by atoms with Crippen LogP contribution in [0.2, 0.25) is 0 Å². The lowest BCUT2D eigenvalue weighted by molar-refractivity contribution is -0.118. The topological polar surface area (TPSA) is 75.3 Å². The highest BCUT2D eigenvalue weighted by atomic mass is 79.9. The van der Waals surface area contributed by atoms with Crippen molar-refractivity contribution < 1.29 is 13.2 Å². The van der Waals surface area contributed by atoms with Gasteiger partial charge >= 0.3 is 0 Å². The minimum Gasteiger partial charge on any atom is -0.325 e. The second-order valence-corrected chi connectivity index (χ2v) is 9.00. The summed E-state index contributed by atoms with van der Waals surface area (Å²) in [7, 11) is -2.20. The molecule has 1 aliphatic carbocycles. The molecule has 2 aromatic carbocycles. The van der Waals surface area contributed by atoms with E-state index in [9.17, 15) is 13.2 Å². The van der Waals surface area contributed by atoms with Crippen molar-refractivity contribution >= 4 is 37.5 Å². The second kappa shape index (κ2) is 6.55. The zero-order chi connectivity index (χ0) is 18.2. The van der Waals surface area contributed by atoms with Crippen LogP contribution in [0.1, 0.15) is 24.0 Å². The SMILES string of the molecule is CNS(=O)(=O)c1cc(NC(=O)C2(c3ccc(Br)cc3)CC2)ccc1C. The van der Waals surface area contributed by atoms with E-state index in [1.807, 2.05) is 24.3 Å². The van der Waals surface area contributed by atoms with Gasteiger partial charge in [-0.2, -0.15) is 0 Å². The van der Waals surface area contributed by atoms with Crippen molar-refractivity contribution in [3.8, 4) is 0 Å². The van der Waals surface area contributed by atoms with E-state index in [-0.39, 0.29) is 10.8 Å². The van der Waals surface area contributed by atoms with Crippen molar-refractivity contribution in [2.45, 2.75) is 30.1 Å². The number of benzene rings is 2. The molecule has 0 radical (unpaired) electrons. The molecule has 0 spiro atoms. The molecule has 0 saturated heterocycles. The van der Waals surface area contributed by atoms with Crippen LogP contribution < -0.4 is 10.0 Å². The molecule has 1 saturated carbocycles. The molecule has 5 nitrogen and oxygen atoms in total. The fourth-order valence-corrected chi connectivity index (χ4v) is 4.13. The van der Waals surface area contributed by atoms with Crippen LogP contribution in [-0.4, -0.2) is 21.4 Å². The number of rotatable bonds is 5. The quantitative estimate of drug-likeness (QED) is 0.775. The maximum atomic E-state index is 12.8. The fraction of sp³-hybridized carbons (Fsp3) is 0.278. The summed E-state index contributed by atoms with van der Waals surface area (Å²) >= 11 is 3.40. The summed E-state index contributed by atoms with van der Waals surface area (Å²) in [6.07, 6.45) is 1.57. The second-order valence-electron chi connectivity index (χ2n) is 6.23. The van der Waals surface area contributed by atoms with Crippen LogP contribution in [0.15, 0.2) is 51.8 Å². The predicted molar refractivity (Wildman–Crippen MR) is 101 cm³/mol. The number of sulfonamides is 1. The van der Waals surface area contributed by atoms with Gasteiger partial charge in [0.2, 0.25) is 15.9 Å². The van der Waals surface area contributed by atoms with Crippen molar-refractivity contribution in [1.82, 2.24) is 4.72 Å². The van der Waals surface area contributed by atoms with Crippen LogP contribution in [0, 0.1) is 6.92 Å². The third-order valence-corrected chi connectivity index (χ3v) is 6.67. The summed E-state index contributed by atoms with van der Waals surface area (Å²) in [5.74, 6) is -0.105. The number of nitrogens with one attached hydrogen (secondary N) is 2. The Morgan fingerprint density at radius 3 is 2.32 bits per heavy atom. The molecule has 0 heterocycles. The van der Waals surface area contributed by atoms with Gasteiger partial charge in [-0.3, -0.25) is 4.79 Å². The third kappa shape index (κ3) is 3.49. The van der Waals surface area contributed by atoms with Gasteiger partial charge in [0.25, 0.3) is 0 Å². The van der Waals surface area contributed by atoms with Gasteiger partial charge in [-0.15, -0.1) is 0 Å². The highest BCUT2D eigenvalue weighted by Crippen LogP contribution is 2.49. The largest absolute Gasteiger partial charge is 0.325 e. The van der Waals surface area contributed by atoms with Crippen molar-refractivity contribution in [1.29, 1.82) is 0 Å². The zero-order valence-electron chi connectivity index (χ0n) is 14.0. The molecule has 0 aromatic heterocycles. The predicted octanol–water partition coefficient (Wildman–Crippen LogP) is 3.34. The number of halogens is 1. The summed E-state index contributed by atoms with van der Waals surface area (Å²) in [5, 5.41) is 2.88. The molecule has 0 aliphatic heterocycles. The Hall–Kier alpha value is -1.70. The van der Waals surface area contributed by atoms with E-state index in [0.29, 0.717) is 11.3 Å². The van der Waals surface area contributed by atoms with Gasteiger partial charge in [0.15, 0.2) is 0 Å². The van der Waals surface area contributed by atoms with Crippen LogP contribution in [-0.2, 0) is 20.2 Å². The first kappa shape index (κ1) is 18.1. The number of carbonyl (C=O) groups excluding carboxylic acids is 1. The first-order valence-corrected chi connectivity index (χ1v) is 10.2. The fourth-order valence-electron chi connectivity index (χ4n) is 2.87. The smallest absolute Gasteiger partial charge is 0.240 e. The molecular weight excluding hydrogens is 404 g/mol. The van der Waals surface area contributed by atoms with E-state index in [1.165, 1.54) is 13.1 Å². The van der Waals surface area contributed by atoms with Gasteiger partial charge in [0.1, 0.15) is 0 Å². The lowest BCUT2D eigenvalue weighted by atomic mass is 9.95. The summed E-state index contributed by atoms with van der Waals surface area (Å²) < 4.78 is 27.5. The molecule has 7 heteroatoms. The highest BCUT2D eigenvalue weighted by Gasteiger charge is 2.51. The first-order valence-electron chi connectivity index (χ1n) is 7.90. The summed E-state index contributed by atoms with van der Waals surface area (Å²) in [4.78, 5) is 13.0. The van der Waals surface area contributed by atoms with Gasteiger partial charge in [0, 0.05) is 10.2 Å². The summed E-state index contributed by atoms with van der Waals surface area (Å²) in [6, 6.07) is 12.7. The minimum absolute atomic E-state index is 0.105. The van der Waals surface area contributed by atoms with Crippen molar-refractivity contribution in [2.75, 3.05) is 12.4 Å². The van der Waals surface area contributed by atoms with Crippen LogP contribution in [0.3, 0.4) is 0 Å². The normalized spacial score (nSPS) is 15.6. The maximum Gasteiger partial charge on any atom is 0.240 e. The van der Waals surface area contributed by atoms with Crippen molar-refractivity contribution in [2.24, 2.45) is 0 Å². The Balaban J connectivity index is 1.87. The Bertz CT molecular complexity index is 920. The number of aryl methyl sites for hydroxylation is 1. The highest BCUT2D eigenvalue weighted by molar-refractivity contribution is 9.10. The monoisotopic (exact) mass is 422 g/mol. The molecule has 1 aliphatic rings. The van der Waals surface area contributed by atoms with Gasteiger partial charge in [0.05, 0.1) is 10.3 Å². The van der Waals surface area contributed by atoms with Crippen LogP contribution >= 0.6 is 15.9 Å². The van der Waals surface area contributed by atoms with Crippen LogP contribution in [0.5, 0.6) is 0 Å². The van der Waals surface area contributed by atoms with Gasteiger partial charge in [-0.05, 0) is 62.2 Å². The Morgan fingerprint density at radius 2 is 1.76 bits per heavy atom. The molecule has 2 aromatic rings. The molecule has 25 heavy (non-hydrogen) atoms. The summed E-state index contributed by atoms with van der Waals surface area (Å²) in [5.41, 5.74) is 1.56. The van der Waals surface area contributed by atoms with E-state index in [4.69, 9.17) is 0 Å². The average Bonchev–Trinajstić information content (AvgIpc) is 3.39. The first-order chi connectivity index (χ1) is 11.8. The van der Waals surface area contributed by atoms with Gasteiger partial charge in [-0.25, -0.2) is 13.1 Å². The minimum atomic E-state index is -3.57. The van der Waals surface area contributed by atoms with Gasteiger partial charge < -0.3 is 5.32 Å². The number of hydrogen-bond acceptors (Lipinski definition) is 3.